The van der Waals surface area contributed by atoms with E-state index in [2.05, 4.69) is 24.1 Å². The van der Waals surface area contributed by atoms with Gasteiger partial charge in [-0.3, -0.25) is 14.5 Å². The Hall–Kier alpha value is -1.86. The van der Waals surface area contributed by atoms with E-state index in [0.717, 1.165) is 39.1 Å². The van der Waals surface area contributed by atoms with Gasteiger partial charge in [-0.05, 0) is 37.3 Å². The molecule has 2 amide bonds. The Bertz CT molecular complexity index is 611. The maximum Gasteiger partial charge on any atom is 0.290 e. The monoisotopic (exact) mass is 377 g/mol. The minimum atomic E-state index is -0.410. The number of nitrogens with one attached hydrogen (secondary N) is 1. The van der Waals surface area contributed by atoms with Gasteiger partial charge < -0.3 is 19.4 Å². The summed E-state index contributed by atoms with van der Waals surface area (Å²) in [5.41, 5.74) is 0. The number of hydrogen-bond donors (Lipinski definition) is 1. The van der Waals surface area contributed by atoms with E-state index < -0.39 is 6.04 Å². The van der Waals surface area contributed by atoms with E-state index in [9.17, 15) is 9.59 Å². The largest absolute Gasteiger partial charge is 0.459 e. The van der Waals surface area contributed by atoms with Crippen molar-refractivity contribution in [1.82, 2.24) is 15.1 Å². The van der Waals surface area contributed by atoms with Crippen molar-refractivity contribution in [2.24, 2.45) is 5.92 Å². The van der Waals surface area contributed by atoms with Crippen LogP contribution in [0.5, 0.6) is 0 Å². The van der Waals surface area contributed by atoms with Gasteiger partial charge in [0.05, 0.1) is 19.5 Å². The van der Waals surface area contributed by atoms with E-state index >= 15 is 0 Å². The number of ether oxygens (including phenoxy) is 1. The number of amides is 2. The summed E-state index contributed by atoms with van der Waals surface area (Å²) in [6.45, 7) is 8.91. The molecule has 2 aliphatic heterocycles. The normalized spacial score (nSPS) is 22.2. The predicted molar refractivity (Wildman–Crippen MR) is 101 cm³/mol. The Morgan fingerprint density at radius 3 is 2.70 bits per heavy atom. The molecule has 2 unspecified atom stereocenters. The standard InChI is InChI=1S/C20H31N3O4/c1-15(2)13-16(22-8-11-26-12-9-22)14-21-19(24)17-5-3-7-23(17)20(25)18-6-4-10-27-18/h4,6,10,15-17H,3,5,7-9,11-14H2,1-2H3,(H,21,24). The molecule has 3 rings (SSSR count). The molecule has 2 fully saturated rings. The number of likely N-dealkylation sites (tertiary alicyclic amines) is 1. The maximum atomic E-state index is 12.8. The highest BCUT2D eigenvalue weighted by molar-refractivity contribution is 5.95. The first-order chi connectivity index (χ1) is 13.1. The van der Waals surface area contributed by atoms with Crippen LogP contribution in [0.1, 0.15) is 43.7 Å². The number of nitrogens with zero attached hydrogens (tertiary/aromatic N) is 2. The van der Waals surface area contributed by atoms with Crippen molar-refractivity contribution in [3.8, 4) is 0 Å². The highest BCUT2D eigenvalue weighted by atomic mass is 16.5. The summed E-state index contributed by atoms with van der Waals surface area (Å²) in [5.74, 6) is 0.581. The summed E-state index contributed by atoms with van der Waals surface area (Å²) in [5, 5.41) is 3.11. The van der Waals surface area contributed by atoms with Crippen LogP contribution in [0.15, 0.2) is 22.8 Å². The molecule has 2 atom stereocenters. The van der Waals surface area contributed by atoms with E-state index in [0.29, 0.717) is 37.2 Å². The first-order valence-electron chi connectivity index (χ1n) is 10.00. The fourth-order valence-corrected chi connectivity index (χ4v) is 4.01. The number of carbonyl (C=O) groups excluding carboxylic acids is 2. The molecule has 150 valence electrons. The first kappa shape index (κ1) is 19.9. The minimum Gasteiger partial charge on any atom is -0.459 e. The Morgan fingerprint density at radius 2 is 2.04 bits per heavy atom. The quantitative estimate of drug-likeness (QED) is 0.784. The first-order valence-corrected chi connectivity index (χ1v) is 10.00. The van der Waals surface area contributed by atoms with Gasteiger partial charge >= 0.3 is 0 Å². The van der Waals surface area contributed by atoms with Gasteiger partial charge in [0.25, 0.3) is 5.91 Å². The zero-order chi connectivity index (χ0) is 19.2. The van der Waals surface area contributed by atoms with E-state index in [1.165, 1.54) is 6.26 Å². The van der Waals surface area contributed by atoms with Crippen molar-refractivity contribution in [2.45, 2.75) is 45.2 Å². The van der Waals surface area contributed by atoms with Crippen LogP contribution >= 0.6 is 0 Å². The van der Waals surface area contributed by atoms with Gasteiger partial charge in [-0.25, -0.2) is 0 Å². The molecule has 0 aromatic carbocycles. The maximum absolute atomic E-state index is 12.8. The van der Waals surface area contributed by atoms with Gasteiger partial charge in [-0.15, -0.1) is 0 Å². The number of furan rings is 1. The van der Waals surface area contributed by atoms with Crippen LogP contribution in [0.4, 0.5) is 0 Å². The van der Waals surface area contributed by atoms with Crippen molar-refractivity contribution in [2.75, 3.05) is 39.4 Å². The molecule has 27 heavy (non-hydrogen) atoms. The van der Waals surface area contributed by atoms with Gasteiger partial charge in [0.1, 0.15) is 6.04 Å². The van der Waals surface area contributed by atoms with Crippen LogP contribution in [0.25, 0.3) is 0 Å². The van der Waals surface area contributed by atoms with Crippen LogP contribution in [-0.2, 0) is 9.53 Å². The molecule has 0 radical (unpaired) electrons. The summed E-state index contributed by atoms with van der Waals surface area (Å²) < 4.78 is 10.7. The molecule has 7 nitrogen and oxygen atoms in total. The fourth-order valence-electron chi connectivity index (χ4n) is 4.01. The van der Waals surface area contributed by atoms with Gasteiger partial charge in [0, 0.05) is 32.2 Å². The minimum absolute atomic E-state index is 0.0607. The highest BCUT2D eigenvalue weighted by Gasteiger charge is 2.36. The zero-order valence-corrected chi connectivity index (χ0v) is 16.4. The van der Waals surface area contributed by atoms with Gasteiger partial charge in [-0.1, -0.05) is 13.8 Å². The number of morpholine rings is 1. The second-order valence-electron chi connectivity index (χ2n) is 7.81. The molecule has 2 saturated heterocycles. The van der Waals surface area contributed by atoms with E-state index in [-0.39, 0.29) is 11.8 Å². The Balaban J connectivity index is 1.58. The number of carbonyl (C=O) groups is 2. The average molecular weight is 377 g/mol. The van der Waals surface area contributed by atoms with Crippen LogP contribution in [-0.4, -0.2) is 73.1 Å². The lowest BCUT2D eigenvalue weighted by Gasteiger charge is -2.36. The summed E-state index contributed by atoms with van der Waals surface area (Å²) in [6, 6.07) is 3.23. The third-order valence-corrected chi connectivity index (χ3v) is 5.37. The Labute approximate surface area is 161 Å². The van der Waals surface area contributed by atoms with Crippen LogP contribution in [0, 0.1) is 5.92 Å². The molecule has 0 spiro atoms. The topological polar surface area (TPSA) is 75.0 Å². The molecule has 1 aromatic heterocycles. The van der Waals surface area contributed by atoms with Crippen LogP contribution < -0.4 is 5.32 Å². The molecule has 0 aliphatic carbocycles. The smallest absolute Gasteiger partial charge is 0.290 e. The second-order valence-corrected chi connectivity index (χ2v) is 7.81. The van der Waals surface area contributed by atoms with Crippen molar-refractivity contribution in [3.63, 3.8) is 0 Å². The third-order valence-electron chi connectivity index (χ3n) is 5.37. The van der Waals surface area contributed by atoms with Gasteiger partial charge in [0.2, 0.25) is 5.91 Å². The van der Waals surface area contributed by atoms with Gasteiger partial charge in [0.15, 0.2) is 5.76 Å². The molecular weight excluding hydrogens is 346 g/mol. The number of rotatable bonds is 7. The highest BCUT2D eigenvalue weighted by Crippen LogP contribution is 2.21. The predicted octanol–water partition coefficient (Wildman–Crippen LogP) is 1.75. The lowest BCUT2D eigenvalue weighted by molar-refractivity contribution is -0.125. The molecule has 3 heterocycles. The Morgan fingerprint density at radius 1 is 1.26 bits per heavy atom. The Kier molecular flexibility index (Phi) is 6.90. The number of hydrogen-bond acceptors (Lipinski definition) is 5. The summed E-state index contributed by atoms with van der Waals surface area (Å²) >= 11 is 0. The van der Waals surface area contributed by atoms with Crippen LogP contribution in [0.2, 0.25) is 0 Å². The van der Waals surface area contributed by atoms with Crippen LogP contribution in [0.3, 0.4) is 0 Å². The van der Waals surface area contributed by atoms with E-state index in [1.807, 2.05) is 0 Å². The summed E-state index contributed by atoms with van der Waals surface area (Å²) in [4.78, 5) is 29.5. The molecule has 1 aromatic rings. The van der Waals surface area contributed by atoms with E-state index in [1.54, 1.807) is 17.0 Å². The fraction of sp³-hybridized carbons (Fsp3) is 0.700. The SMILES string of the molecule is CC(C)CC(CNC(=O)C1CCCN1C(=O)c1ccco1)N1CCOCC1. The van der Waals surface area contributed by atoms with Crippen molar-refractivity contribution >= 4 is 11.8 Å². The molecule has 0 saturated carbocycles. The molecule has 0 bridgehead atoms. The average Bonchev–Trinajstić information content (AvgIpc) is 3.36. The van der Waals surface area contributed by atoms with Crippen molar-refractivity contribution < 1.29 is 18.7 Å². The lowest BCUT2D eigenvalue weighted by atomic mass is 10.0. The molecular formula is C20H31N3O4. The molecule has 7 heteroatoms. The summed E-state index contributed by atoms with van der Waals surface area (Å²) in [7, 11) is 0. The second kappa shape index (κ2) is 9.37. The third kappa shape index (κ3) is 5.11. The zero-order valence-electron chi connectivity index (χ0n) is 16.4. The molecule has 2 aliphatic rings. The van der Waals surface area contributed by atoms with Crippen molar-refractivity contribution in [3.05, 3.63) is 24.2 Å². The molecule has 1 N–H and O–H groups in total. The van der Waals surface area contributed by atoms with Gasteiger partial charge in [-0.2, -0.15) is 0 Å². The summed E-state index contributed by atoms with van der Waals surface area (Å²) in [6.07, 6.45) is 4.05. The lowest BCUT2D eigenvalue weighted by Crippen LogP contribution is -2.52. The van der Waals surface area contributed by atoms with Crippen molar-refractivity contribution in [1.29, 1.82) is 0 Å². The van der Waals surface area contributed by atoms with E-state index in [4.69, 9.17) is 9.15 Å².